The van der Waals surface area contributed by atoms with E-state index in [9.17, 15) is 14.4 Å². The lowest BCUT2D eigenvalue weighted by Gasteiger charge is -2.30. The van der Waals surface area contributed by atoms with Crippen LogP contribution in [0, 0.1) is 0 Å². The number of nitrogens with zero attached hydrogens (tertiary/aromatic N) is 5. The molecule has 1 saturated carbocycles. The summed E-state index contributed by atoms with van der Waals surface area (Å²) in [7, 11) is 0. The summed E-state index contributed by atoms with van der Waals surface area (Å²) in [5.41, 5.74) is 3.45. The zero-order valence-electron chi connectivity index (χ0n) is 19.0. The predicted octanol–water partition coefficient (Wildman–Crippen LogP) is 2.77. The molecule has 0 radical (unpaired) electrons. The second-order valence-corrected chi connectivity index (χ2v) is 9.60. The molecule has 1 aliphatic carbocycles. The van der Waals surface area contributed by atoms with Crippen molar-refractivity contribution in [2.24, 2.45) is 0 Å². The van der Waals surface area contributed by atoms with Crippen molar-refractivity contribution in [1.29, 1.82) is 0 Å². The molecule has 2 fully saturated rings. The van der Waals surface area contributed by atoms with Gasteiger partial charge in [-0.2, -0.15) is 5.01 Å². The second kappa shape index (κ2) is 9.87. The van der Waals surface area contributed by atoms with Crippen molar-refractivity contribution in [1.82, 2.24) is 35.5 Å². The molecule has 0 atom stereocenters. The maximum absolute atomic E-state index is 12.9. The number of amides is 4. The smallest absolute Gasteiger partial charge is 0.322 e. The van der Waals surface area contributed by atoms with Crippen molar-refractivity contribution in [3.8, 4) is 11.4 Å². The Kier molecular flexibility index (Phi) is 6.49. The third-order valence-electron chi connectivity index (χ3n) is 6.26. The Morgan fingerprint density at radius 3 is 2.60 bits per heavy atom. The lowest BCUT2D eigenvalue weighted by atomic mass is 9.82. The number of urea groups is 1. The van der Waals surface area contributed by atoms with Gasteiger partial charge in [-0.25, -0.2) is 4.79 Å². The van der Waals surface area contributed by atoms with Crippen LogP contribution in [0.15, 0.2) is 60.0 Å². The van der Waals surface area contributed by atoms with Crippen LogP contribution in [-0.2, 0) is 16.1 Å². The molecule has 10 nitrogen and oxygen atoms in total. The first-order valence-electron chi connectivity index (χ1n) is 11.5. The van der Waals surface area contributed by atoms with E-state index in [1.807, 2.05) is 47.0 Å². The number of pyridine rings is 1. The van der Waals surface area contributed by atoms with Gasteiger partial charge in [-0.05, 0) is 30.5 Å². The summed E-state index contributed by atoms with van der Waals surface area (Å²) < 4.78 is 1.93. The topological polar surface area (TPSA) is 122 Å². The summed E-state index contributed by atoms with van der Waals surface area (Å²) in [6.07, 6.45) is 7.38. The number of hydrazine groups is 1. The molecule has 3 heterocycles. The second-order valence-electron chi connectivity index (χ2n) is 8.66. The van der Waals surface area contributed by atoms with Crippen LogP contribution < -0.4 is 10.7 Å². The van der Waals surface area contributed by atoms with Crippen molar-refractivity contribution < 1.29 is 14.4 Å². The fourth-order valence-electron chi connectivity index (χ4n) is 4.52. The minimum atomic E-state index is -0.885. The van der Waals surface area contributed by atoms with E-state index in [0.29, 0.717) is 30.4 Å². The number of rotatable bonds is 7. The fraction of sp³-hybridized carbons (Fsp3) is 0.333. The fourth-order valence-corrected chi connectivity index (χ4v) is 5.25. The van der Waals surface area contributed by atoms with E-state index in [4.69, 9.17) is 0 Å². The van der Waals surface area contributed by atoms with Crippen LogP contribution in [-0.4, -0.2) is 53.9 Å². The number of benzene rings is 1. The van der Waals surface area contributed by atoms with Crippen LogP contribution in [0.5, 0.6) is 0 Å². The zero-order valence-corrected chi connectivity index (χ0v) is 19.8. The van der Waals surface area contributed by atoms with Gasteiger partial charge in [0.25, 0.3) is 5.91 Å². The van der Waals surface area contributed by atoms with E-state index >= 15 is 0 Å². The minimum Gasteiger partial charge on any atom is -0.322 e. The summed E-state index contributed by atoms with van der Waals surface area (Å²) in [4.78, 5) is 42.2. The summed E-state index contributed by atoms with van der Waals surface area (Å²) in [6, 6.07) is 13.0. The number of carbonyl (C=O) groups is 3. The summed E-state index contributed by atoms with van der Waals surface area (Å²) in [6.45, 7) is 0.511. The van der Waals surface area contributed by atoms with Gasteiger partial charge in [0, 0.05) is 18.0 Å². The number of nitrogens with one attached hydrogen (secondary N) is 2. The number of thioether (sulfide) groups is 1. The van der Waals surface area contributed by atoms with E-state index in [-0.39, 0.29) is 11.7 Å². The molecule has 2 N–H and O–H groups in total. The predicted molar refractivity (Wildman–Crippen MR) is 129 cm³/mol. The summed E-state index contributed by atoms with van der Waals surface area (Å²) >= 11 is 1.19. The van der Waals surface area contributed by atoms with E-state index in [2.05, 4.69) is 25.9 Å². The van der Waals surface area contributed by atoms with Crippen molar-refractivity contribution >= 4 is 29.6 Å². The maximum atomic E-state index is 12.9. The quantitative estimate of drug-likeness (QED) is 0.385. The summed E-state index contributed by atoms with van der Waals surface area (Å²) in [5, 5.41) is 12.8. The molecular weight excluding hydrogens is 466 g/mol. The summed E-state index contributed by atoms with van der Waals surface area (Å²) in [5.74, 6) is -0.252. The van der Waals surface area contributed by atoms with Gasteiger partial charge in [-0.3, -0.25) is 24.6 Å². The molecule has 1 spiro atoms. The van der Waals surface area contributed by atoms with Crippen molar-refractivity contribution in [3.05, 3.63) is 60.4 Å². The lowest BCUT2D eigenvalue weighted by Crippen LogP contribution is -2.51. The van der Waals surface area contributed by atoms with Gasteiger partial charge in [0.1, 0.15) is 5.54 Å². The molecule has 3 aromatic rings. The molecule has 11 heteroatoms. The zero-order chi connectivity index (χ0) is 24.3. The Bertz CT molecular complexity index is 1230. The van der Waals surface area contributed by atoms with Crippen LogP contribution in [0.3, 0.4) is 0 Å². The van der Waals surface area contributed by atoms with Crippen molar-refractivity contribution in [3.63, 3.8) is 0 Å². The molecule has 180 valence electrons. The molecule has 1 saturated heterocycles. The molecule has 1 aliphatic heterocycles. The number of hydrogen-bond donors (Lipinski definition) is 2. The van der Waals surface area contributed by atoms with Crippen molar-refractivity contribution in [2.75, 3.05) is 5.75 Å². The number of aromatic nitrogens is 4. The third kappa shape index (κ3) is 4.76. The Labute approximate surface area is 206 Å². The highest BCUT2D eigenvalue weighted by molar-refractivity contribution is 7.99. The molecule has 5 rings (SSSR count). The SMILES string of the molecule is O=C(CSc1nnc(-c2cccnc2)n1Cc1ccccc1)NN1C(=O)NC2(CCCCC2)C1=O. The maximum Gasteiger partial charge on any atom is 0.344 e. The first-order valence-corrected chi connectivity index (χ1v) is 12.5. The van der Waals surface area contributed by atoms with Crippen LogP contribution in [0.2, 0.25) is 0 Å². The number of hydrogen-bond acceptors (Lipinski definition) is 7. The van der Waals surface area contributed by atoms with Gasteiger partial charge in [-0.1, -0.05) is 61.4 Å². The van der Waals surface area contributed by atoms with Gasteiger partial charge in [0.2, 0.25) is 5.91 Å². The molecule has 2 aromatic heterocycles. The van der Waals surface area contributed by atoms with Crippen LogP contribution in [0.25, 0.3) is 11.4 Å². The first kappa shape index (κ1) is 23.0. The standard InChI is InChI=1S/C24H25N7O3S/c32-19(29-31-21(33)24(26-22(31)34)11-5-2-6-12-24)16-35-23-28-27-20(18-10-7-13-25-14-18)30(23)15-17-8-3-1-4-9-17/h1,3-4,7-10,13-14H,2,5-6,11-12,15-16H2,(H,26,34)(H,29,32). The Balaban J connectivity index is 1.29. The number of carbonyl (C=O) groups excluding carboxylic acids is 3. The monoisotopic (exact) mass is 491 g/mol. The Morgan fingerprint density at radius 2 is 1.86 bits per heavy atom. The van der Waals surface area contributed by atoms with E-state index < -0.39 is 17.5 Å². The van der Waals surface area contributed by atoms with Crippen LogP contribution in [0.1, 0.15) is 37.7 Å². The third-order valence-corrected chi connectivity index (χ3v) is 7.22. The number of imide groups is 1. The lowest BCUT2D eigenvalue weighted by molar-refractivity contribution is -0.139. The highest BCUT2D eigenvalue weighted by atomic mass is 32.2. The molecule has 0 unspecified atom stereocenters. The average Bonchev–Trinajstić information content (AvgIpc) is 3.38. The molecule has 35 heavy (non-hydrogen) atoms. The van der Waals surface area contributed by atoms with E-state index in [1.165, 1.54) is 11.8 Å². The Hall–Kier alpha value is -3.73. The van der Waals surface area contributed by atoms with Gasteiger partial charge in [0.05, 0.1) is 12.3 Å². The highest BCUT2D eigenvalue weighted by Crippen LogP contribution is 2.33. The largest absolute Gasteiger partial charge is 0.344 e. The normalized spacial score (nSPS) is 17.0. The Morgan fingerprint density at radius 1 is 1.06 bits per heavy atom. The average molecular weight is 492 g/mol. The van der Waals surface area contributed by atoms with Gasteiger partial charge in [-0.15, -0.1) is 10.2 Å². The van der Waals surface area contributed by atoms with Crippen LogP contribution in [0.4, 0.5) is 4.79 Å². The van der Waals surface area contributed by atoms with Gasteiger partial charge < -0.3 is 5.32 Å². The van der Waals surface area contributed by atoms with Crippen LogP contribution >= 0.6 is 11.8 Å². The minimum absolute atomic E-state index is 0.0377. The van der Waals surface area contributed by atoms with E-state index in [1.54, 1.807) is 12.4 Å². The van der Waals surface area contributed by atoms with E-state index in [0.717, 1.165) is 35.4 Å². The van der Waals surface area contributed by atoms with Crippen molar-refractivity contribution in [2.45, 2.75) is 49.3 Å². The van der Waals surface area contributed by atoms with Gasteiger partial charge >= 0.3 is 6.03 Å². The molecule has 0 bridgehead atoms. The first-order chi connectivity index (χ1) is 17.1. The highest BCUT2D eigenvalue weighted by Gasteiger charge is 2.52. The molecular formula is C24H25N7O3S. The van der Waals surface area contributed by atoms with Gasteiger partial charge in [0.15, 0.2) is 11.0 Å². The molecule has 4 amide bonds. The molecule has 2 aliphatic rings. The molecule has 1 aromatic carbocycles.